The van der Waals surface area contributed by atoms with Crippen LogP contribution >= 0.6 is 0 Å². The number of likely N-dealkylation sites (tertiary alicyclic amines) is 1. The van der Waals surface area contributed by atoms with Crippen molar-refractivity contribution in [2.45, 2.75) is 56.8 Å². The summed E-state index contributed by atoms with van der Waals surface area (Å²) in [5, 5.41) is 22.4. The van der Waals surface area contributed by atoms with E-state index in [1.165, 1.54) is 11.1 Å². The number of H-pyrrole nitrogens is 1. The van der Waals surface area contributed by atoms with E-state index in [4.69, 9.17) is 4.74 Å². The van der Waals surface area contributed by atoms with Crippen molar-refractivity contribution in [3.05, 3.63) is 41.7 Å². The van der Waals surface area contributed by atoms with Crippen LogP contribution in [0.25, 0.3) is 22.2 Å². The monoisotopic (exact) mass is 560 g/mol. The Kier molecular flexibility index (Phi) is 8.17. The van der Waals surface area contributed by atoms with Gasteiger partial charge in [0.1, 0.15) is 5.56 Å². The fraction of sp³-hybridized carbons (Fsp3) is 0.462. The summed E-state index contributed by atoms with van der Waals surface area (Å²) in [6.07, 6.45) is -3.08. The second-order valence-electron chi connectivity index (χ2n) is 10.9. The van der Waals surface area contributed by atoms with Gasteiger partial charge in [0.2, 0.25) is 5.95 Å². The molecule has 1 aliphatic heterocycles. The third-order valence-corrected chi connectivity index (χ3v) is 8.34. The predicted octanol–water partition coefficient (Wildman–Crippen LogP) is 6.12. The molecule has 2 atom stereocenters. The van der Waals surface area contributed by atoms with Crippen LogP contribution in [0, 0.1) is 11.3 Å². The highest BCUT2D eigenvalue weighted by molar-refractivity contribution is 6.76. The summed E-state index contributed by atoms with van der Waals surface area (Å²) >= 11 is 0. The number of fused-ring (bicyclic) bond motifs is 1. The van der Waals surface area contributed by atoms with Crippen LogP contribution in [0.3, 0.4) is 0 Å². The van der Waals surface area contributed by atoms with Crippen molar-refractivity contribution in [1.82, 2.24) is 19.9 Å². The molecule has 2 aromatic heterocycles. The van der Waals surface area contributed by atoms with Crippen molar-refractivity contribution in [2.75, 3.05) is 25.0 Å². The van der Waals surface area contributed by atoms with Crippen LogP contribution in [-0.2, 0) is 10.9 Å². The number of aromatic nitrogens is 3. The SMILES string of the molecule is C[Si](C)(C)CCOC(C#N)c1ccc2c(-c3nc(N[C@H]4CCCN(C(=O)O)C4)ncc3C(F)(F)F)c[nH]c2c1. The van der Waals surface area contributed by atoms with E-state index in [1.54, 1.807) is 18.2 Å². The summed E-state index contributed by atoms with van der Waals surface area (Å²) in [6.45, 7) is 7.69. The van der Waals surface area contributed by atoms with Gasteiger partial charge in [-0.1, -0.05) is 31.8 Å². The minimum atomic E-state index is -4.70. The van der Waals surface area contributed by atoms with Crippen LogP contribution in [0.4, 0.5) is 23.9 Å². The van der Waals surface area contributed by atoms with Gasteiger partial charge in [-0.05, 0) is 30.5 Å². The van der Waals surface area contributed by atoms with Crippen molar-refractivity contribution >= 4 is 31.0 Å². The average molecular weight is 561 g/mol. The first-order valence-corrected chi connectivity index (χ1v) is 16.4. The maximum absolute atomic E-state index is 14.0. The lowest BCUT2D eigenvalue weighted by atomic mass is 10.0. The van der Waals surface area contributed by atoms with Gasteiger partial charge in [0.25, 0.3) is 0 Å². The number of halogens is 3. The van der Waals surface area contributed by atoms with E-state index in [9.17, 15) is 28.3 Å². The van der Waals surface area contributed by atoms with Gasteiger partial charge in [0.15, 0.2) is 6.10 Å². The summed E-state index contributed by atoms with van der Waals surface area (Å²) < 4.78 is 47.7. The largest absolute Gasteiger partial charge is 0.465 e. The Hall–Kier alpha value is -3.63. The molecule has 9 nitrogen and oxygen atoms in total. The number of nitriles is 1. The molecular weight excluding hydrogens is 529 g/mol. The molecule has 0 aliphatic carbocycles. The molecule has 1 aliphatic rings. The highest BCUT2D eigenvalue weighted by atomic mass is 28.3. The fourth-order valence-electron chi connectivity index (χ4n) is 4.51. The molecule has 4 rings (SSSR count). The third kappa shape index (κ3) is 6.87. The molecule has 0 saturated carbocycles. The molecule has 3 N–H and O–H groups in total. The molecule has 1 aromatic carbocycles. The Labute approximate surface area is 225 Å². The maximum Gasteiger partial charge on any atom is 0.419 e. The van der Waals surface area contributed by atoms with Crippen LogP contribution in [0.2, 0.25) is 25.7 Å². The van der Waals surface area contributed by atoms with Crippen molar-refractivity contribution in [1.29, 1.82) is 5.26 Å². The number of benzene rings is 1. The summed E-state index contributed by atoms with van der Waals surface area (Å²) in [5.74, 6) is -0.0125. The molecule has 208 valence electrons. The third-order valence-electron chi connectivity index (χ3n) is 6.64. The van der Waals surface area contributed by atoms with Gasteiger partial charge < -0.3 is 25.0 Å². The average Bonchev–Trinajstić information content (AvgIpc) is 3.28. The van der Waals surface area contributed by atoms with E-state index in [0.29, 0.717) is 42.5 Å². The highest BCUT2D eigenvalue weighted by Gasteiger charge is 2.36. The number of piperidine rings is 1. The number of anilines is 1. The minimum Gasteiger partial charge on any atom is -0.465 e. The Morgan fingerprint density at radius 3 is 2.82 bits per heavy atom. The molecule has 3 heterocycles. The normalized spacial score (nSPS) is 17.2. The molecule has 1 fully saturated rings. The topological polar surface area (TPSA) is 127 Å². The van der Waals surface area contributed by atoms with E-state index in [2.05, 4.69) is 46.0 Å². The molecule has 1 unspecified atom stereocenters. The van der Waals surface area contributed by atoms with Gasteiger partial charge in [-0.15, -0.1) is 0 Å². The number of hydrogen-bond donors (Lipinski definition) is 3. The van der Waals surface area contributed by atoms with E-state index in [0.717, 1.165) is 12.2 Å². The number of carbonyl (C=O) groups is 1. The minimum absolute atomic E-state index is 0.0125. The lowest BCUT2D eigenvalue weighted by Gasteiger charge is -2.31. The van der Waals surface area contributed by atoms with E-state index in [-0.39, 0.29) is 29.8 Å². The van der Waals surface area contributed by atoms with E-state index in [1.807, 2.05) is 0 Å². The van der Waals surface area contributed by atoms with Gasteiger partial charge >= 0.3 is 12.3 Å². The van der Waals surface area contributed by atoms with Crippen molar-refractivity contribution in [3.63, 3.8) is 0 Å². The lowest BCUT2D eigenvalue weighted by Crippen LogP contribution is -2.44. The van der Waals surface area contributed by atoms with Crippen molar-refractivity contribution < 1.29 is 27.8 Å². The predicted molar refractivity (Wildman–Crippen MR) is 143 cm³/mol. The molecule has 13 heteroatoms. The number of amides is 1. The summed E-state index contributed by atoms with van der Waals surface area (Å²) in [7, 11) is -1.34. The van der Waals surface area contributed by atoms with Crippen LogP contribution in [0.15, 0.2) is 30.6 Å². The Morgan fingerprint density at radius 1 is 1.38 bits per heavy atom. The van der Waals surface area contributed by atoms with Gasteiger partial charge in [0.05, 0.1) is 11.8 Å². The highest BCUT2D eigenvalue weighted by Crippen LogP contribution is 2.39. The zero-order valence-electron chi connectivity index (χ0n) is 22.0. The Balaban J connectivity index is 1.64. The molecule has 39 heavy (non-hydrogen) atoms. The molecular formula is C26H31F3N6O3Si. The lowest BCUT2D eigenvalue weighted by molar-refractivity contribution is -0.137. The van der Waals surface area contributed by atoms with Gasteiger partial charge in [-0.3, -0.25) is 0 Å². The first-order valence-electron chi connectivity index (χ1n) is 12.7. The number of aromatic amines is 1. The molecule has 0 spiro atoms. The Morgan fingerprint density at radius 2 is 2.15 bits per heavy atom. The molecule has 3 aromatic rings. The fourth-order valence-corrected chi connectivity index (χ4v) is 5.24. The number of nitrogens with one attached hydrogen (secondary N) is 2. The van der Waals surface area contributed by atoms with Crippen molar-refractivity contribution in [3.8, 4) is 17.3 Å². The number of rotatable bonds is 8. The molecule has 1 amide bonds. The summed E-state index contributed by atoms with van der Waals surface area (Å²) in [5.41, 5.74) is 0.0994. The zero-order chi connectivity index (χ0) is 28.4. The van der Waals surface area contributed by atoms with Gasteiger partial charge in [-0.25, -0.2) is 14.8 Å². The molecule has 0 bridgehead atoms. The second kappa shape index (κ2) is 11.2. The smallest absolute Gasteiger partial charge is 0.419 e. The van der Waals surface area contributed by atoms with Crippen LogP contribution in [-0.4, -0.2) is 64.9 Å². The van der Waals surface area contributed by atoms with Crippen LogP contribution < -0.4 is 5.32 Å². The summed E-state index contributed by atoms with van der Waals surface area (Å²) in [6, 6.07) is 7.77. The van der Waals surface area contributed by atoms with E-state index >= 15 is 0 Å². The number of nitrogens with zero attached hydrogens (tertiary/aromatic N) is 4. The maximum atomic E-state index is 14.0. The standard InChI is InChI=1S/C26H31F3N6O3Si/c1-39(2,3)10-9-38-22(12-30)16-6-7-18-19(13-31-21(18)11-16)23-20(26(27,28)29)14-32-24(34-23)33-17-5-4-8-35(15-17)25(36)37/h6-7,11,13-14,17,22,31H,4-5,8-10,15H2,1-3H3,(H,36,37)(H,32,33,34)/t17-,22?/m0/s1. The van der Waals surface area contributed by atoms with Gasteiger partial charge in [-0.2, -0.15) is 18.4 Å². The number of ether oxygens (including phenoxy) is 1. The van der Waals surface area contributed by atoms with E-state index < -0.39 is 32.0 Å². The first kappa shape index (κ1) is 28.4. The zero-order valence-corrected chi connectivity index (χ0v) is 23.0. The van der Waals surface area contributed by atoms with Gasteiger partial charge in [0, 0.05) is 62.7 Å². The summed E-state index contributed by atoms with van der Waals surface area (Å²) in [4.78, 5) is 23.7. The second-order valence-corrected chi connectivity index (χ2v) is 16.5. The number of alkyl halides is 3. The quantitative estimate of drug-likeness (QED) is 0.283. The first-order chi connectivity index (χ1) is 18.4. The number of hydrogen-bond acceptors (Lipinski definition) is 6. The van der Waals surface area contributed by atoms with Crippen molar-refractivity contribution in [2.24, 2.45) is 0 Å². The van der Waals surface area contributed by atoms with Crippen LogP contribution in [0.5, 0.6) is 0 Å². The van der Waals surface area contributed by atoms with Crippen LogP contribution in [0.1, 0.15) is 30.1 Å². The Bertz CT molecular complexity index is 1380. The molecule has 1 saturated heterocycles. The molecule has 0 radical (unpaired) electrons. The number of carboxylic acid groups (broad SMARTS) is 1.